The molecule has 1 aromatic rings. The summed E-state index contributed by atoms with van der Waals surface area (Å²) in [6.07, 6.45) is 4.32. The Morgan fingerprint density at radius 3 is 2.67 bits per heavy atom. The average molecular weight is 378 g/mol. The van der Waals surface area contributed by atoms with E-state index in [-0.39, 0.29) is 4.90 Å². The fraction of sp³-hybridized carbons (Fsp3) is 0.643. The Bertz CT molecular complexity index is 547. The summed E-state index contributed by atoms with van der Waals surface area (Å²) in [4.78, 5) is 4.35. The van der Waals surface area contributed by atoms with Crippen molar-refractivity contribution in [3.63, 3.8) is 0 Å². The first kappa shape index (κ1) is 18.4. The summed E-state index contributed by atoms with van der Waals surface area (Å²) in [6, 6.07) is 1.58. The Kier molecular flexibility index (Phi) is 7.62. The van der Waals surface area contributed by atoms with Crippen LogP contribution in [0.5, 0.6) is 0 Å². The molecule has 0 aromatic carbocycles. The van der Waals surface area contributed by atoms with E-state index in [2.05, 4.69) is 44.8 Å². The average Bonchev–Trinajstić information content (AvgIpc) is 2.42. The zero-order valence-electron chi connectivity index (χ0n) is 12.8. The smallest absolute Gasteiger partial charge is 0.244 e. The van der Waals surface area contributed by atoms with E-state index in [0.717, 1.165) is 19.3 Å². The summed E-state index contributed by atoms with van der Waals surface area (Å²) in [5.74, 6) is 0.972. The highest BCUT2D eigenvalue weighted by atomic mass is 79.9. The van der Waals surface area contributed by atoms with Gasteiger partial charge in [-0.25, -0.2) is 18.1 Å². The SMILES string of the molecule is CCCNc1ncc(Br)cc1S(=O)(=O)NCCCC(C)C. The van der Waals surface area contributed by atoms with Gasteiger partial charge in [0, 0.05) is 23.8 Å². The van der Waals surface area contributed by atoms with E-state index in [1.165, 1.54) is 0 Å². The van der Waals surface area contributed by atoms with Gasteiger partial charge in [-0.3, -0.25) is 0 Å². The van der Waals surface area contributed by atoms with E-state index >= 15 is 0 Å². The molecular formula is C14H24BrN3O2S. The van der Waals surface area contributed by atoms with Crippen molar-refractivity contribution < 1.29 is 8.42 Å². The van der Waals surface area contributed by atoms with Gasteiger partial charge in [-0.05, 0) is 47.2 Å². The van der Waals surface area contributed by atoms with Crippen LogP contribution < -0.4 is 10.0 Å². The Morgan fingerprint density at radius 2 is 2.05 bits per heavy atom. The molecule has 5 nitrogen and oxygen atoms in total. The number of aromatic nitrogens is 1. The molecule has 7 heteroatoms. The third-order valence-corrected chi connectivity index (χ3v) is 4.81. The zero-order chi connectivity index (χ0) is 15.9. The Hall–Kier alpha value is -0.660. The maximum absolute atomic E-state index is 12.4. The highest BCUT2D eigenvalue weighted by Crippen LogP contribution is 2.22. The molecule has 0 fully saturated rings. The highest BCUT2D eigenvalue weighted by Gasteiger charge is 2.19. The molecule has 0 unspecified atom stereocenters. The summed E-state index contributed by atoms with van der Waals surface area (Å²) in [7, 11) is -3.55. The molecule has 0 spiro atoms. The third kappa shape index (κ3) is 6.32. The largest absolute Gasteiger partial charge is 0.369 e. The van der Waals surface area contributed by atoms with E-state index < -0.39 is 10.0 Å². The topological polar surface area (TPSA) is 71.1 Å². The lowest BCUT2D eigenvalue weighted by Crippen LogP contribution is -2.26. The second-order valence-electron chi connectivity index (χ2n) is 5.36. The van der Waals surface area contributed by atoms with Crippen LogP contribution in [0.4, 0.5) is 5.82 Å². The molecule has 0 bridgehead atoms. The molecule has 0 aliphatic heterocycles. The first-order chi connectivity index (χ1) is 9.86. The van der Waals surface area contributed by atoms with Gasteiger partial charge in [-0.2, -0.15) is 0 Å². The molecule has 0 saturated carbocycles. The fourth-order valence-electron chi connectivity index (χ4n) is 1.80. The van der Waals surface area contributed by atoms with Crippen LogP contribution in [0.1, 0.15) is 40.0 Å². The van der Waals surface area contributed by atoms with Crippen LogP contribution in [0.3, 0.4) is 0 Å². The van der Waals surface area contributed by atoms with Crippen molar-refractivity contribution in [1.29, 1.82) is 0 Å². The van der Waals surface area contributed by atoms with Gasteiger partial charge in [0.25, 0.3) is 0 Å². The predicted molar refractivity (Wildman–Crippen MR) is 90.0 cm³/mol. The number of sulfonamides is 1. The standard InChI is InChI=1S/C14H24BrN3O2S/c1-4-7-16-14-13(9-12(15)10-17-14)21(19,20)18-8-5-6-11(2)3/h9-11,18H,4-8H2,1-3H3,(H,16,17). The summed E-state index contributed by atoms with van der Waals surface area (Å²) < 4.78 is 28.1. The second kappa shape index (κ2) is 8.70. The lowest BCUT2D eigenvalue weighted by molar-refractivity contribution is 0.540. The van der Waals surface area contributed by atoms with Crippen molar-refractivity contribution in [2.24, 2.45) is 5.92 Å². The molecule has 1 aromatic heterocycles. The zero-order valence-corrected chi connectivity index (χ0v) is 15.2. The molecule has 2 N–H and O–H groups in total. The maximum Gasteiger partial charge on any atom is 0.244 e. The van der Waals surface area contributed by atoms with Crippen molar-refractivity contribution >= 4 is 31.8 Å². The van der Waals surface area contributed by atoms with Crippen LogP contribution in [0.25, 0.3) is 0 Å². The van der Waals surface area contributed by atoms with E-state index in [9.17, 15) is 8.42 Å². The normalized spacial score (nSPS) is 11.9. The number of hydrogen-bond donors (Lipinski definition) is 2. The Balaban J connectivity index is 2.83. The lowest BCUT2D eigenvalue weighted by Gasteiger charge is -2.12. The predicted octanol–water partition coefficient (Wildman–Crippen LogP) is 3.38. The van der Waals surface area contributed by atoms with Gasteiger partial charge >= 0.3 is 0 Å². The monoisotopic (exact) mass is 377 g/mol. The van der Waals surface area contributed by atoms with E-state index in [1.54, 1.807) is 12.3 Å². The van der Waals surface area contributed by atoms with E-state index in [4.69, 9.17) is 0 Å². The number of halogens is 1. The van der Waals surface area contributed by atoms with Crippen molar-refractivity contribution in [2.75, 3.05) is 18.4 Å². The van der Waals surface area contributed by atoms with Crippen molar-refractivity contribution in [3.05, 3.63) is 16.7 Å². The van der Waals surface area contributed by atoms with E-state index in [0.29, 0.717) is 29.3 Å². The van der Waals surface area contributed by atoms with Crippen LogP contribution in [0.2, 0.25) is 0 Å². The Morgan fingerprint density at radius 1 is 1.33 bits per heavy atom. The molecule has 0 atom stereocenters. The van der Waals surface area contributed by atoms with Gasteiger partial charge in [-0.1, -0.05) is 20.8 Å². The highest BCUT2D eigenvalue weighted by molar-refractivity contribution is 9.10. The summed E-state index contributed by atoms with van der Waals surface area (Å²) >= 11 is 3.28. The van der Waals surface area contributed by atoms with Crippen LogP contribution in [-0.2, 0) is 10.0 Å². The summed E-state index contributed by atoms with van der Waals surface area (Å²) in [6.45, 7) is 7.40. The number of anilines is 1. The summed E-state index contributed by atoms with van der Waals surface area (Å²) in [5.41, 5.74) is 0. The van der Waals surface area contributed by atoms with Gasteiger partial charge in [0.1, 0.15) is 10.7 Å². The van der Waals surface area contributed by atoms with Gasteiger partial charge in [0.05, 0.1) is 0 Å². The first-order valence-corrected chi connectivity index (χ1v) is 9.53. The Labute approximate surface area is 136 Å². The molecular weight excluding hydrogens is 354 g/mol. The van der Waals surface area contributed by atoms with Gasteiger partial charge < -0.3 is 5.32 Å². The molecule has 1 heterocycles. The lowest BCUT2D eigenvalue weighted by atomic mass is 10.1. The van der Waals surface area contributed by atoms with Gasteiger partial charge in [0.15, 0.2) is 0 Å². The second-order valence-corrected chi connectivity index (χ2v) is 8.01. The van der Waals surface area contributed by atoms with Crippen molar-refractivity contribution in [3.8, 4) is 0 Å². The number of nitrogens with zero attached hydrogens (tertiary/aromatic N) is 1. The van der Waals surface area contributed by atoms with Gasteiger partial charge in [-0.15, -0.1) is 0 Å². The van der Waals surface area contributed by atoms with Crippen LogP contribution in [0, 0.1) is 5.92 Å². The minimum atomic E-state index is -3.55. The van der Waals surface area contributed by atoms with Crippen molar-refractivity contribution in [1.82, 2.24) is 9.71 Å². The number of rotatable bonds is 9. The molecule has 0 aliphatic carbocycles. The van der Waals surface area contributed by atoms with Crippen LogP contribution >= 0.6 is 15.9 Å². The molecule has 0 radical (unpaired) electrons. The summed E-state index contributed by atoms with van der Waals surface area (Å²) in [5, 5.41) is 3.05. The quantitative estimate of drug-likeness (QED) is 0.647. The minimum absolute atomic E-state index is 0.190. The molecule has 120 valence electrons. The number of hydrogen-bond acceptors (Lipinski definition) is 4. The van der Waals surface area contributed by atoms with Crippen molar-refractivity contribution in [2.45, 2.75) is 44.9 Å². The van der Waals surface area contributed by atoms with Crippen LogP contribution in [-0.4, -0.2) is 26.5 Å². The van der Waals surface area contributed by atoms with E-state index in [1.807, 2.05) is 6.92 Å². The first-order valence-electron chi connectivity index (χ1n) is 7.26. The fourth-order valence-corrected chi connectivity index (χ4v) is 3.51. The minimum Gasteiger partial charge on any atom is -0.369 e. The molecule has 21 heavy (non-hydrogen) atoms. The number of pyridine rings is 1. The molecule has 0 aliphatic rings. The third-order valence-electron chi connectivity index (χ3n) is 2.90. The number of nitrogens with one attached hydrogen (secondary N) is 2. The van der Waals surface area contributed by atoms with Crippen LogP contribution in [0.15, 0.2) is 21.6 Å². The van der Waals surface area contributed by atoms with Gasteiger partial charge in [0.2, 0.25) is 10.0 Å². The molecule has 0 saturated heterocycles. The molecule has 1 rings (SSSR count). The maximum atomic E-state index is 12.4. The molecule has 0 amide bonds.